The Labute approximate surface area is 171 Å². The van der Waals surface area contributed by atoms with Gasteiger partial charge >= 0.3 is 0 Å². The third-order valence-electron chi connectivity index (χ3n) is 5.10. The minimum absolute atomic E-state index is 0.0907. The Morgan fingerprint density at radius 3 is 2.64 bits per heavy atom. The molecule has 0 atom stereocenters. The lowest BCUT2D eigenvalue weighted by Gasteiger charge is -2.22. The van der Waals surface area contributed by atoms with Crippen LogP contribution in [0.15, 0.2) is 29.4 Å². The van der Waals surface area contributed by atoms with Gasteiger partial charge in [-0.15, -0.1) is 10.2 Å². The molecular formula is C21H30N4O2S. The minimum atomic E-state index is 0.0907. The Morgan fingerprint density at radius 1 is 1.21 bits per heavy atom. The van der Waals surface area contributed by atoms with E-state index in [-0.39, 0.29) is 5.91 Å². The van der Waals surface area contributed by atoms with E-state index < -0.39 is 0 Å². The summed E-state index contributed by atoms with van der Waals surface area (Å²) in [6.07, 6.45) is 8.06. The topological polar surface area (TPSA) is 69.0 Å². The second kappa shape index (κ2) is 10.5. The van der Waals surface area contributed by atoms with Crippen LogP contribution in [0.25, 0.3) is 11.4 Å². The highest BCUT2D eigenvalue weighted by Gasteiger charge is 2.18. The number of aromatic nitrogens is 3. The highest BCUT2D eigenvalue weighted by atomic mass is 32.2. The Hall–Kier alpha value is -2.02. The zero-order valence-corrected chi connectivity index (χ0v) is 17.6. The monoisotopic (exact) mass is 402 g/mol. The molecule has 1 aromatic carbocycles. The van der Waals surface area contributed by atoms with Gasteiger partial charge in [-0.1, -0.05) is 44.4 Å². The van der Waals surface area contributed by atoms with E-state index in [0.29, 0.717) is 11.8 Å². The molecule has 1 N–H and O–H groups in total. The first-order chi connectivity index (χ1) is 13.7. The van der Waals surface area contributed by atoms with E-state index in [2.05, 4.69) is 27.0 Å². The number of amides is 1. The van der Waals surface area contributed by atoms with Crippen LogP contribution in [0.3, 0.4) is 0 Å². The average Bonchev–Trinajstić information content (AvgIpc) is 3.14. The van der Waals surface area contributed by atoms with Crippen LogP contribution in [0.2, 0.25) is 0 Å². The van der Waals surface area contributed by atoms with Crippen LogP contribution in [0.1, 0.15) is 51.9 Å². The summed E-state index contributed by atoms with van der Waals surface area (Å²) in [7, 11) is 1.66. The van der Waals surface area contributed by atoms with Crippen molar-refractivity contribution < 1.29 is 9.53 Å². The first-order valence-electron chi connectivity index (χ1n) is 10.2. The molecule has 152 valence electrons. The van der Waals surface area contributed by atoms with E-state index in [1.807, 2.05) is 24.3 Å². The maximum Gasteiger partial charge on any atom is 0.230 e. The van der Waals surface area contributed by atoms with E-state index in [4.69, 9.17) is 4.74 Å². The molecule has 1 amide bonds. The van der Waals surface area contributed by atoms with Crippen molar-refractivity contribution in [1.82, 2.24) is 20.1 Å². The maximum absolute atomic E-state index is 12.4. The quantitative estimate of drug-likeness (QED) is 0.634. The number of rotatable bonds is 9. The molecule has 0 radical (unpaired) electrons. The third kappa shape index (κ3) is 5.50. The van der Waals surface area contributed by atoms with Gasteiger partial charge in [-0.3, -0.25) is 4.79 Å². The molecule has 2 aromatic rings. The Balaban J connectivity index is 1.67. The van der Waals surface area contributed by atoms with Gasteiger partial charge in [0.25, 0.3) is 0 Å². The van der Waals surface area contributed by atoms with E-state index >= 15 is 0 Å². The summed E-state index contributed by atoms with van der Waals surface area (Å²) < 4.78 is 7.37. The van der Waals surface area contributed by atoms with E-state index in [1.165, 1.54) is 31.0 Å². The van der Waals surface area contributed by atoms with E-state index in [0.717, 1.165) is 54.5 Å². The number of unbranched alkanes of at least 4 members (excludes halogenated alkanes) is 1. The van der Waals surface area contributed by atoms with Crippen molar-refractivity contribution in [2.45, 2.75) is 69.6 Å². The van der Waals surface area contributed by atoms with Gasteiger partial charge in [0.1, 0.15) is 5.75 Å². The lowest BCUT2D eigenvalue weighted by molar-refractivity contribution is -0.119. The number of nitrogens with one attached hydrogen (secondary N) is 1. The molecule has 1 aromatic heterocycles. The second-order valence-corrected chi connectivity index (χ2v) is 8.17. The van der Waals surface area contributed by atoms with Crippen LogP contribution in [0.4, 0.5) is 0 Å². The van der Waals surface area contributed by atoms with Crippen LogP contribution < -0.4 is 10.1 Å². The number of carbonyl (C=O) groups is 1. The summed E-state index contributed by atoms with van der Waals surface area (Å²) in [5, 5.41) is 12.8. The molecule has 1 aliphatic carbocycles. The summed E-state index contributed by atoms with van der Waals surface area (Å²) in [6.45, 7) is 3.01. The van der Waals surface area contributed by atoms with Crippen molar-refractivity contribution in [3.63, 3.8) is 0 Å². The summed E-state index contributed by atoms with van der Waals surface area (Å²) >= 11 is 1.47. The van der Waals surface area contributed by atoms with E-state index in [1.54, 1.807) is 7.11 Å². The number of ether oxygens (including phenoxy) is 1. The summed E-state index contributed by atoms with van der Waals surface area (Å²) in [5.41, 5.74) is 1.00. The highest BCUT2D eigenvalue weighted by molar-refractivity contribution is 7.99. The van der Waals surface area contributed by atoms with Crippen LogP contribution in [-0.2, 0) is 11.3 Å². The van der Waals surface area contributed by atoms with Crippen LogP contribution in [0.5, 0.6) is 5.75 Å². The SMILES string of the molecule is CCCCn1c(SCC(=O)NC2CCCCC2)nnc1-c1ccc(OC)cc1. The van der Waals surface area contributed by atoms with Gasteiger partial charge in [-0.2, -0.15) is 0 Å². The molecule has 1 fully saturated rings. The van der Waals surface area contributed by atoms with Gasteiger partial charge in [-0.25, -0.2) is 0 Å². The van der Waals surface area contributed by atoms with Gasteiger partial charge in [-0.05, 0) is 43.5 Å². The molecule has 0 saturated heterocycles. The lowest BCUT2D eigenvalue weighted by Crippen LogP contribution is -2.37. The predicted octanol–water partition coefficient (Wildman–Crippen LogP) is 4.29. The van der Waals surface area contributed by atoms with Gasteiger partial charge in [0.05, 0.1) is 12.9 Å². The number of benzene rings is 1. The summed E-state index contributed by atoms with van der Waals surface area (Å²) in [5.74, 6) is 2.13. The molecule has 0 aliphatic heterocycles. The minimum Gasteiger partial charge on any atom is -0.497 e. The van der Waals surface area contributed by atoms with Crippen molar-refractivity contribution in [3.8, 4) is 17.1 Å². The van der Waals surface area contributed by atoms with Crippen LogP contribution >= 0.6 is 11.8 Å². The number of hydrogen-bond acceptors (Lipinski definition) is 5. The number of nitrogens with zero attached hydrogens (tertiary/aromatic N) is 3. The van der Waals surface area contributed by atoms with Crippen molar-refractivity contribution >= 4 is 17.7 Å². The number of thioether (sulfide) groups is 1. The fraction of sp³-hybridized carbons (Fsp3) is 0.571. The molecular weight excluding hydrogens is 372 g/mol. The summed E-state index contributed by atoms with van der Waals surface area (Å²) in [6, 6.07) is 8.19. The first kappa shape index (κ1) is 20.7. The predicted molar refractivity (Wildman–Crippen MR) is 113 cm³/mol. The molecule has 7 heteroatoms. The molecule has 3 rings (SSSR count). The van der Waals surface area contributed by atoms with Gasteiger partial charge < -0.3 is 14.6 Å². The molecule has 0 unspecified atom stereocenters. The van der Waals surface area contributed by atoms with Crippen molar-refractivity contribution in [3.05, 3.63) is 24.3 Å². The first-order valence-corrected chi connectivity index (χ1v) is 11.2. The average molecular weight is 403 g/mol. The van der Waals surface area contributed by atoms with Crippen molar-refractivity contribution in [2.75, 3.05) is 12.9 Å². The molecule has 1 aliphatic rings. The van der Waals surface area contributed by atoms with E-state index in [9.17, 15) is 4.79 Å². The maximum atomic E-state index is 12.4. The highest BCUT2D eigenvalue weighted by Crippen LogP contribution is 2.26. The summed E-state index contributed by atoms with van der Waals surface area (Å²) in [4.78, 5) is 12.4. The largest absolute Gasteiger partial charge is 0.497 e. The number of methoxy groups -OCH3 is 1. The van der Waals surface area contributed by atoms with Gasteiger partial charge in [0, 0.05) is 18.2 Å². The number of carbonyl (C=O) groups excluding carboxylic acids is 1. The lowest BCUT2D eigenvalue weighted by atomic mass is 9.95. The molecule has 0 bridgehead atoms. The fourth-order valence-corrected chi connectivity index (χ4v) is 4.29. The second-order valence-electron chi connectivity index (χ2n) is 7.23. The Kier molecular flexibility index (Phi) is 7.77. The smallest absolute Gasteiger partial charge is 0.230 e. The van der Waals surface area contributed by atoms with Crippen LogP contribution in [-0.4, -0.2) is 39.6 Å². The molecule has 1 heterocycles. The molecule has 6 nitrogen and oxygen atoms in total. The zero-order chi connectivity index (χ0) is 19.8. The van der Waals surface area contributed by atoms with Gasteiger partial charge in [0.2, 0.25) is 5.91 Å². The fourth-order valence-electron chi connectivity index (χ4n) is 3.51. The molecule has 1 saturated carbocycles. The van der Waals surface area contributed by atoms with Crippen molar-refractivity contribution in [1.29, 1.82) is 0 Å². The van der Waals surface area contributed by atoms with Crippen molar-refractivity contribution in [2.24, 2.45) is 0 Å². The normalized spacial score (nSPS) is 14.8. The standard InChI is InChI=1S/C21H30N4O2S/c1-3-4-14-25-20(16-10-12-18(27-2)13-11-16)23-24-21(25)28-15-19(26)22-17-8-6-5-7-9-17/h10-13,17H,3-9,14-15H2,1-2H3,(H,22,26). The van der Waals surface area contributed by atoms with Crippen LogP contribution in [0, 0.1) is 0 Å². The Bertz CT molecular complexity index is 754. The number of hydrogen-bond donors (Lipinski definition) is 1. The molecule has 0 spiro atoms. The Morgan fingerprint density at radius 2 is 1.96 bits per heavy atom. The van der Waals surface area contributed by atoms with Gasteiger partial charge in [0.15, 0.2) is 11.0 Å². The molecule has 28 heavy (non-hydrogen) atoms. The third-order valence-corrected chi connectivity index (χ3v) is 6.07. The zero-order valence-electron chi connectivity index (χ0n) is 16.8.